The maximum Gasteiger partial charge on any atom is 0.456 e. The first-order valence-electron chi connectivity index (χ1n) is 10.6. The predicted octanol–water partition coefficient (Wildman–Crippen LogP) is 0.311. The van der Waals surface area contributed by atoms with Crippen LogP contribution in [0.2, 0.25) is 5.82 Å². The number of carboxylic acid groups (broad SMARTS) is 1. The third-order valence-electron chi connectivity index (χ3n) is 5.58. The van der Waals surface area contributed by atoms with Crippen LogP contribution >= 0.6 is 0 Å². The van der Waals surface area contributed by atoms with Crippen molar-refractivity contribution in [1.29, 1.82) is 0 Å². The predicted molar refractivity (Wildman–Crippen MR) is 120 cm³/mol. The third-order valence-corrected chi connectivity index (χ3v) is 5.58. The van der Waals surface area contributed by atoms with Gasteiger partial charge in [-0.25, -0.2) is 4.79 Å². The number of aromatic carboxylic acids is 1. The second-order valence-electron chi connectivity index (χ2n) is 7.93. The summed E-state index contributed by atoms with van der Waals surface area (Å²) in [5.41, 5.74) is 1.49. The molecule has 0 unspecified atom stereocenters. The number of hydrogen-bond donors (Lipinski definition) is 6. The summed E-state index contributed by atoms with van der Waals surface area (Å²) in [7, 11) is -1.76. The average molecular weight is 441 g/mol. The van der Waals surface area contributed by atoms with Gasteiger partial charge in [-0.3, -0.25) is 9.69 Å². The van der Waals surface area contributed by atoms with E-state index in [-0.39, 0.29) is 30.0 Å². The fraction of sp³-hybridized carbons (Fsp3) is 0.364. The lowest BCUT2D eigenvalue weighted by Crippen LogP contribution is -2.42. The van der Waals surface area contributed by atoms with E-state index in [0.717, 1.165) is 38.3 Å². The Morgan fingerprint density at radius 2 is 1.84 bits per heavy atom. The molecule has 32 heavy (non-hydrogen) atoms. The summed E-state index contributed by atoms with van der Waals surface area (Å²) in [6.45, 7) is 4.46. The first kappa shape index (κ1) is 23.7. The van der Waals surface area contributed by atoms with Gasteiger partial charge in [0.15, 0.2) is 0 Å². The van der Waals surface area contributed by atoms with Gasteiger partial charge < -0.3 is 30.9 Å². The summed E-state index contributed by atoms with van der Waals surface area (Å²) < 4.78 is 0. The molecule has 1 amide bonds. The summed E-state index contributed by atoms with van der Waals surface area (Å²) >= 11 is 0. The van der Waals surface area contributed by atoms with Crippen molar-refractivity contribution >= 4 is 19.0 Å². The van der Waals surface area contributed by atoms with E-state index in [0.29, 0.717) is 5.56 Å². The van der Waals surface area contributed by atoms with Crippen LogP contribution in [0, 0.1) is 0 Å². The molecule has 0 radical (unpaired) electrons. The summed E-state index contributed by atoms with van der Waals surface area (Å²) in [6.07, 6.45) is -0.0199. The van der Waals surface area contributed by atoms with E-state index in [4.69, 9.17) is 5.11 Å². The number of piperazine rings is 1. The van der Waals surface area contributed by atoms with Gasteiger partial charge >= 0.3 is 13.1 Å². The molecule has 0 spiro atoms. The molecular weight excluding hydrogens is 413 g/mol. The van der Waals surface area contributed by atoms with E-state index in [9.17, 15) is 24.7 Å². The smallest absolute Gasteiger partial charge is 0.456 e. The van der Waals surface area contributed by atoms with Crippen LogP contribution < -0.4 is 10.6 Å². The van der Waals surface area contributed by atoms with Crippen LogP contribution in [0.25, 0.3) is 0 Å². The van der Waals surface area contributed by atoms with Crippen LogP contribution in [0.1, 0.15) is 31.8 Å². The highest BCUT2D eigenvalue weighted by molar-refractivity contribution is 6.43. The van der Waals surface area contributed by atoms with Crippen molar-refractivity contribution in [3.63, 3.8) is 0 Å². The highest BCUT2D eigenvalue weighted by Crippen LogP contribution is 2.27. The van der Waals surface area contributed by atoms with Gasteiger partial charge in [0.1, 0.15) is 11.3 Å². The van der Waals surface area contributed by atoms with Gasteiger partial charge in [0.25, 0.3) is 5.91 Å². The second kappa shape index (κ2) is 11.1. The van der Waals surface area contributed by atoms with Crippen molar-refractivity contribution in [2.24, 2.45) is 0 Å². The number of hydrogen-bond acceptors (Lipinski definition) is 7. The number of nitrogens with zero attached hydrogens (tertiary/aromatic N) is 1. The third kappa shape index (κ3) is 6.30. The lowest BCUT2D eigenvalue weighted by Gasteiger charge is -2.27. The van der Waals surface area contributed by atoms with Crippen molar-refractivity contribution in [3.05, 3.63) is 64.7 Å². The van der Waals surface area contributed by atoms with Crippen LogP contribution in [0.4, 0.5) is 0 Å². The van der Waals surface area contributed by atoms with Gasteiger partial charge in [-0.1, -0.05) is 24.3 Å². The Labute approximate surface area is 186 Å². The fourth-order valence-corrected chi connectivity index (χ4v) is 3.76. The highest BCUT2D eigenvalue weighted by Gasteiger charge is 2.26. The van der Waals surface area contributed by atoms with Crippen LogP contribution in [-0.2, 0) is 13.0 Å². The van der Waals surface area contributed by atoms with Gasteiger partial charge in [0.05, 0.1) is 0 Å². The minimum atomic E-state index is -1.76. The summed E-state index contributed by atoms with van der Waals surface area (Å²) in [6, 6.07) is 11.6. The Kier molecular flexibility index (Phi) is 8.23. The zero-order chi connectivity index (χ0) is 23.1. The van der Waals surface area contributed by atoms with Gasteiger partial charge in [-0.2, -0.15) is 0 Å². The quantitative estimate of drug-likeness (QED) is 0.306. The van der Waals surface area contributed by atoms with Crippen molar-refractivity contribution in [3.8, 4) is 5.75 Å². The number of aromatic hydroxyl groups is 1. The summed E-state index contributed by atoms with van der Waals surface area (Å²) in [5, 5.41) is 44.8. The van der Waals surface area contributed by atoms with E-state index < -0.39 is 24.7 Å². The minimum Gasteiger partial charge on any atom is -0.507 e. The number of benzene rings is 2. The van der Waals surface area contributed by atoms with E-state index in [2.05, 4.69) is 15.5 Å². The van der Waals surface area contributed by atoms with Gasteiger partial charge in [-0.15, -0.1) is 0 Å². The Morgan fingerprint density at radius 1 is 1.12 bits per heavy atom. The number of nitrogens with one attached hydrogen (secondary N) is 2. The van der Waals surface area contributed by atoms with Crippen molar-refractivity contribution < 1.29 is 29.9 Å². The number of phenols is 1. The molecule has 0 aliphatic carbocycles. The fourth-order valence-electron chi connectivity index (χ4n) is 3.76. The molecule has 1 aliphatic heterocycles. The molecule has 1 heterocycles. The molecule has 10 heteroatoms. The molecule has 0 bridgehead atoms. The number of para-hydroxylation sites is 1. The van der Waals surface area contributed by atoms with E-state index in [1.807, 2.05) is 18.2 Å². The molecule has 2 aromatic rings. The topological polar surface area (TPSA) is 142 Å². The van der Waals surface area contributed by atoms with Crippen LogP contribution in [0.3, 0.4) is 0 Å². The van der Waals surface area contributed by atoms with Crippen molar-refractivity contribution in [2.75, 3.05) is 32.7 Å². The molecule has 9 nitrogen and oxygen atoms in total. The lowest BCUT2D eigenvalue weighted by molar-refractivity contribution is 0.0693. The zero-order valence-electron chi connectivity index (χ0n) is 17.7. The van der Waals surface area contributed by atoms with E-state index >= 15 is 0 Å². The molecule has 2 aromatic carbocycles. The van der Waals surface area contributed by atoms with E-state index in [1.165, 1.54) is 18.2 Å². The number of amides is 1. The zero-order valence-corrected chi connectivity index (χ0v) is 17.7. The molecule has 1 aliphatic rings. The maximum atomic E-state index is 12.7. The Morgan fingerprint density at radius 3 is 2.53 bits per heavy atom. The molecular formula is C22H28BN3O6. The molecule has 1 fully saturated rings. The molecule has 170 valence electrons. The molecule has 0 saturated carbocycles. The number of carboxylic acids is 1. The number of carbonyl (C=O) groups excluding carboxylic acids is 1. The standard InChI is InChI=1S/C22H28BN3O6/c27-20-16(4-2-6-19(20)22(29)30)12-18(23(31)32)13-25-21(28)17-5-1-3-15(11-17)14-26-9-7-24-8-10-26/h1-6,11,18,24,27,31-32H,7-10,12-14H2,(H,25,28)(H,29,30)/t18-/m1/s1. The molecule has 6 N–H and O–H groups in total. The average Bonchev–Trinajstić information content (AvgIpc) is 2.78. The maximum absolute atomic E-state index is 12.7. The molecule has 0 aromatic heterocycles. The number of rotatable bonds is 9. The van der Waals surface area contributed by atoms with Crippen LogP contribution in [0.5, 0.6) is 5.75 Å². The normalized spacial score (nSPS) is 15.2. The van der Waals surface area contributed by atoms with Crippen molar-refractivity contribution in [2.45, 2.75) is 18.8 Å². The van der Waals surface area contributed by atoms with Gasteiger partial charge in [-0.05, 0) is 35.7 Å². The SMILES string of the molecule is O=C(NC[C@@H](Cc1cccc(C(=O)O)c1O)B(O)O)c1cccc(CN2CCNCC2)c1. The largest absolute Gasteiger partial charge is 0.507 e. The summed E-state index contributed by atoms with van der Waals surface area (Å²) in [5.74, 6) is -2.88. The monoisotopic (exact) mass is 441 g/mol. The first-order chi connectivity index (χ1) is 15.3. The second-order valence-corrected chi connectivity index (χ2v) is 7.93. The van der Waals surface area contributed by atoms with Crippen LogP contribution in [0.15, 0.2) is 42.5 Å². The van der Waals surface area contributed by atoms with E-state index in [1.54, 1.807) is 6.07 Å². The number of carbonyl (C=O) groups is 2. The highest BCUT2D eigenvalue weighted by atomic mass is 16.4. The molecule has 1 saturated heterocycles. The van der Waals surface area contributed by atoms with Crippen LogP contribution in [-0.4, -0.2) is 76.9 Å². The Bertz CT molecular complexity index is 949. The molecule has 1 atom stereocenters. The molecule has 3 rings (SSSR count). The van der Waals surface area contributed by atoms with Gasteiger partial charge in [0.2, 0.25) is 0 Å². The van der Waals surface area contributed by atoms with Gasteiger partial charge in [0, 0.05) is 50.6 Å². The van der Waals surface area contributed by atoms with Crippen molar-refractivity contribution in [1.82, 2.24) is 15.5 Å². The Balaban J connectivity index is 1.62. The minimum absolute atomic E-state index is 0.0199. The Hall–Kier alpha value is -2.92. The first-order valence-corrected chi connectivity index (χ1v) is 10.6. The lowest BCUT2D eigenvalue weighted by atomic mass is 9.69. The summed E-state index contributed by atoms with van der Waals surface area (Å²) in [4.78, 5) is 26.2.